The van der Waals surface area contributed by atoms with Crippen LogP contribution in [-0.2, 0) is 51.2 Å². The molecule has 9 heterocycles. The maximum atomic E-state index is 13.1. The molecule has 6 aromatic heterocycles. The number of hydrogen-bond donors (Lipinski definition) is 1. The largest absolute Gasteiger partial charge is 0.374 e. The highest BCUT2D eigenvalue weighted by Gasteiger charge is 2.29. The average molecular weight is 1120 g/mol. The van der Waals surface area contributed by atoms with E-state index in [9.17, 15) is 18.4 Å². The summed E-state index contributed by atoms with van der Waals surface area (Å²) in [6, 6.07) is 23.2. The van der Waals surface area contributed by atoms with Gasteiger partial charge in [-0.3, -0.25) is 9.59 Å². The number of benzene rings is 2. The Morgan fingerprint density at radius 3 is 1.18 bits per heavy atom. The summed E-state index contributed by atoms with van der Waals surface area (Å²) in [5.74, 6) is 3.34. The van der Waals surface area contributed by atoms with Crippen molar-refractivity contribution >= 4 is 68.2 Å². The van der Waals surface area contributed by atoms with E-state index in [-0.39, 0.29) is 36.0 Å². The number of carbonyl (C=O) groups is 2. The Kier molecular flexibility index (Phi) is 19.4. The maximum Gasteiger partial charge on any atom is 0.203 e. The summed E-state index contributed by atoms with van der Waals surface area (Å²) < 4.78 is 37.0. The lowest BCUT2D eigenvalue weighted by molar-refractivity contribution is -0.129. The number of Topliss-reactive ketones (excluding diaryl/α,β-unsaturated/α-hetero) is 2. The second kappa shape index (κ2) is 27.3. The van der Waals surface area contributed by atoms with Crippen molar-refractivity contribution in [3.05, 3.63) is 151 Å². The molecule has 406 valence electrons. The highest BCUT2D eigenvalue weighted by molar-refractivity contribution is 7.15. The molecule has 0 unspecified atom stereocenters. The van der Waals surface area contributed by atoms with Crippen molar-refractivity contribution in [3.8, 4) is 0 Å². The van der Waals surface area contributed by atoms with E-state index in [4.69, 9.17) is 15.2 Å². The van der Waals surface area contributed by atoms with Gasteiger partial charge in [-0.2, -0.15) is 15.3 Å². The van der Waals surface area contributed by atoms with Gasteiger partial charge in [-0.1, -0.05) is 35.6 Å². The van der Waals surface area contributed by atoms with E-state index in [0.717, 1.165) is 110 Å². The van der Waals surface area contributed by atoms with Gasteiger partial charge in [0.2, 0.25) is 5.13 Å². The number of aromatic nitrogens is 12. The molecule has 2 N–H and O–H groups in total. The van der Waals surface area contributed by atoms with Crippen molar-refractivity contribution in [1.29, 1.82) is 0 Å². The first kappa shape index (κ1) is 55.4. The van der Waals surface area contributed by atoms with Gasteiger partial charge in [0.15, 0.2) is 29.0 Å². The van der Waals surface area contributed by atoms with Gasteiger partial charge in [0.25, 0.3) is 0 Å². The highest BCUT2D eigenvalue weighted by atomic mass is 32.1. The number of ketones is 2. The third kappa shape index (κ3) is 15.5. The van der Waals surface area contributed by atoms with E-state index in [1.54, 1.807) is 42.9 Å². The van der Waals surface area contributed by atoms with Crippen LogP contribution in [0.2, 0.25) is 0 Å². The van der Waals surface area contributed by atoms with Gasteiger partial charge in [0, 0.05) is 91.3 Å². The van der Waals surface area contributed by atoms with Crippen LogP contribution < -0.4 is 20.4 Å². The second-order valence-corrected chi connectivity index (χ2v) is 22.4. The first-order chi connectivity index (χ1) is 38.0. The number of rotatable bonds is 19. The number of halogens is 2. The van der Waals surface area contributed by atoms with Crippen molar-refractivity contribution in [3.63, 3.8) is 0 Å². The van der Waals surface area contributed by atoms with E-state index >= 15 is 0 Å². The molecule has 8 aromatic rings. The third-order valence-electron chi connectivity index (χ3n) is 13.4. The van der Waals surface area contributed by atoms with Gasteiger partial charge < -0.3 is 29.9 Å². The number of methoxy groups -OCH3 is 2. The van der Waals surface area contributed by atoms with Gasteiger partial charge in [-0.25, -0.2) is 8.78 Å². The Balaban J connectivity index is 0.000000147. The molecule has 3 aliphatic heterocycles. The van der Waals surface area contributed by atoms with Crippen LogP contribution >= 0.6 is 34.0 Å². The number of hydrogen-bond acceptors (Lipinski definition) is 23. The minimum absolute atomic E-state index is 0.124. The maximum absolute atomic E-state index is 13.1. The molecule has 78 heavy (non-hydrogen) atoms. The molecule has 2 aromatic carbocycles. The molecule has 20 nitrogen and oxygen atoms in total. The van der Waals surface area contributed by atoms with Crippen LogP contribution in [0, 0.1) is 29.4 Å². The monoisotopic (exact) mass is 1120 g/mol. The Labute approximate surface area is 461 Å². The van der Waals surface area contributed by atoms with Gasteiger partial charge >= 0.3 is 0 Å². The quantitative estimate of drug-likeness (QED) is 0.0852. The normalized spacial score (nSPS) is 17.7. The van der Waals surface area contributed by atoms with Crippen molar-refractivity contribution in [2.24, 2.45) is 17.8 Å². The molecular weight excluding hydrogens is 1060 g/mol. The smallest absolute Gasteiger partial charge is 0.203 e. The number of ether oxygens (including phenoxy) is 2. The van der Waals surface area contributed by atoms with Crippen molar-refractivity contribution in [2.45, 2.75) is 63.6 Å². The summed E-state index contributed by atoms with van der Waals surface area (Å²) in [6.07, 6.45) is 9.71. The number of anilines is 4. The fourth-order valence-electron chi connectivity index (χ4n) is 9.65. The number of nitrogens with two attached hydrogens (primary N) is 1. The zero-order chi connectivity index (χ0) is 54.2. The number of carbonyl (C=O) groups excluding carboxylic acids is 2. The lowest BCUT2D eigenvalue weighted by atomic mass is 10.0. The second-order valence-electron chi connectivity index (χ2n) is 19.0. The van der Waals surface area contributed by atoms with Gasteiger partial charge in [-0.15, -0.1) is 68.6 Å². The summed E-state index contributed by atoms with van der Waals surface area (Å²) >= 11 is 4.41. The van der Waals surface area contributed by atoms with Crippen molar-refractivity contribution < 1.29 is 27.8 Å². The van der Waals surface area contributed by atoms with E-state index in [1.807, 2.05) is 36.4 Å². The molecule has 25 heteroatoms. The van der Waals surface area contributed by atoms with Crippen LogP contribution in [0.15, 0.2) is 104 Å². The fraction of sp³-hybridized carbons (Fsp3) is 0.396. The molecular formula is C53H58F2N16O4S3. The van der Waals surface area contributed by atoms with Crippen molar-refractivity contribution in [2.75, 3.05) is 73.9 Å². The van der Waals surface area contributed by atoms with Gasteiger partial charge in [-0.05, 0) is 109 Å². The summed E-state index contributed by atoms with van der Waals surface area (Å²) in [4.78, 5) is 32.1. The molecule has 0 spiro atoms. The summed E-state index contributed by atoms with van der Waals surface area (Å²) in [6.45, 7) is 5.73. The Bertz CT molecular complexity index is 2970. The molecule has 0 amide bonds. The Morgan fingerprint density at radius 2 is 0.859 bits per heavy atom. The number of nitrogen functional groups attached to an aromatic ring is 1. The minimum Gasteiger partial charge on any atom is -0.374 e. The van der Waals surface area contributed by atoms with Crippen LogP contribution in [0.25, 0.3) is 0 Å². The van der Waals surface area contributed by atoms with Gasteiger partial charge in [0.1, 0.15) is 48.9 Å². The molecule has 0 bridgehead atoms. The lowest BCUT2D eigenvalue weighted by Gasteiger charge is -2.15. The number of nitrogens with zero attached hydrogens (tertiary/aromatic N) is 15. The standard InChI is InChI=1S/2C21H22FN5O2S.C11H14N6S/c2*1-29-21(15-4-6-16(22)7-5-15)17(28)12-20-26-25-19(30-20)11-14-8-10-27(13-14)18-3-2-9-23-24-18;12-11-16-15-10(18-11)6-8-3-5-17(7-8)9-2-1-4-13-14-9/h2*2-7,9,14,21H,8,10-13H2,1H3;1-2,4,8H,3,5-7H2,(H2,12,16)/t14-,21+;14-,21-;8-/m000/s1. The summed E-state index contributed by atoms with van der Waals surface area (Å²) in [5.41, 5.74) is 6.84. The molecule has 0 saturated carbocycles. The van der Waals surface area contributed by atoms with Crippen molar-refractivity contribution in [1.82, 2.24) is 61.2 Å². The van der Waals surface area contributed by atoms with Crippen LogP contribution in [0.4, 0.5) is 31.4 Å². The molecule has 3 aliphatic rings. The molecule has 3 fully saturated rings. The molecule has 11 rings (SSSR count). The molecule has 0 radical (unpaired) electrons. The van der Waals surface area contributed by atoms with Crippen LogP contribution in [0.1, 0.15) is 67.6 Å². The van der Waals surface area contributed by atoms with Crippen LogP contribution in [0.3, 0.4) is 0 Å². The highest BCUT2D eigenvalue weighted by Crippen LogP contribution is 2.30. The minimum atomic E-state index is -0.742. The first-order valence-electron chi connectivity index (χ1n) is 25.5. The SMILES string of the molecule is CO[C@@H](C(=O)Cc1nnc(C[C@@H]2CCN(c3cccnn3)C2)s1)c1ccc(F)cc1.CO[C@H](C(=O)Cc1nnc(C[C@@H]2CCN(c3cccnn3)C2)s1)c1ccc(F)cc1.Nc1nnc(C[C@@H]2CCN(c3cccnn3)C2)s1. The first-order valence-corrected chi connectivity index (χ1v) is 27.9. The third-order valence-corrected chi connectivity index (χ3v) is 16.1. The molecule has 0 aliphatic carbocycles. The van der Waals surface area contributed by atoms with Crippen LogP contribution in [-0.4, -0.2) is 126 Å². The predicted molar refractivity (Wildman–Crippen MR) is 292 cm³/mol. The zero-order valence-electron chi connectivity index (χ0n) is 43.0. The zero-order valence-corrected chi connectivity index (χ0v) is 45.4. The van der Waals surface area contributed by atoms with E-state index in [0.29, 0.717) is 44.0 Å². The topological polar surface area (TPSA) is 243 Å². The average Bonchev–Trinajstić information content (AvgIpc) is 4.36. The van der Waals surface area contributed by atoms with E-state index in [2.05, 4.69) is 75.9 Å². The fourth-order valence-corrected chi connectivity index (χ4v) is 12.3. The Hall–Kier alpha value is -7.32. The van der Waals surface area contributed by atoms with E-state index in [1.165, 1.54) is 72.5 Å². The van der Waals surface area contributed by atoms with E-state index < -0.39 is 12.2 Å². The summed E-state index contributed by atoms with van der Waals surface area (Å²) in [7, 11) is 2.95. The lowest BCUT2D eigenvalue weighted by Crippen LogP contribution is -2.21. The van der Waals surface area contributed by atoms with Crippen LogP contribution in [0.5, 0.6) is 0 Å². The molecule has 5 atom stereocenters. The predicted octanol–water partition coefficient (Wildman–Crippen LogP) is 7.05. The Morgan fingerprint density at radius 1 is 0.513 bits per heavy atom. The summed E-state index contributed by atoms with van der Waals surface area (Å²) in [5, 5.41) is 53.9. The molecule has 3 saturated heterocycles. The van der Waals surface area contributed by atoms with Gasteiger partial charge in [0.05, 0.1) is 12.8 Å².